The molecular weight excluding hydrogens is 250 g/mol. The van der Waals surface area contributed by atoms with Crippen LogP contribution >= 0.6 is 0 Å². The Morgan fingerprint density at radius 1 is 1.18 bits per heavy atom. The first-order valence-electron chi connectivity index (χ1n) is 4.90. The number of nitrogens with zero attached hydrogens (tertiary/aromatic N) is 2. The van der Waals surface area contributed by atoms with Crippen LogP contribution in [-0.4, -0.2) is 36.4 Å². The van der Waals surface area contributed by atoms with Crippen molar-refractivity contribution in [1.29, 1.82) is 5.26 Å². The van der Waals surface area contributed by atoms with E-state index in [0.29, 0.717) is 17.7 Å². The monoisotopic (exact) mass is 260 g/mol. The third kappa shape index (κ3) is 4.81. The number of alkyl halides is 6. The van der Waals surface area contributed by atoms with Crippen molar-refractivity contribution in [1.82, 2.24) is 4.90 Å². The van der Waals surface area contributed by atoms with Gasteiger partial charge in [-0.05, 0) is 12.8 Å². The summed E-state index contributed by atoms with van der Waals surface area (Å²) >= 11 is 0. The van der Waals surface area contributed by atoms with Gasteiger partial charge in [0.2, 0.25) is 0 Å². The fraction of sp³-hybridized carbons (Fsp3) is 0.889. The fourth-order valence-electron chi connectivity index (χ4n) is 1.46. The molecule has 0 aromatic rings. The molecule has 0 aromatic carbocycles. The van der Waals surface area contributed by atoms with E-state index in [4.69, 9.17) is 5.26 Å². The molecule has 1 aliphatic carbocycles. The molecule has 0 N–H and O–H groups in total. The highest BCUT2D eigenvalue weighted by atomic mass is 19.4. The van der Waals surface area contributed by atoms with Gasteiger partial charge in [0.1, 0.15) is 0 Å². The van der Waals surface area contributed by atoms with Gasteiger partial charge in [0.05, 0.1) is 12.6 Å². The first kappa shape index (κ1) is 14.1. The topological polar surface area (TPSA) is 27.0 Å². The Kier molecular flexibility index (Phi) is 3.91. The molecular formula is C9H10F6N2. The lowest BCUT2D eigenvalue weighted by Crippen LogP contribution is -2.42. The molecule has 0 aromatic heterocycles. The molecule has 17 heavy (non-hydrogen) atoms. The fourth-order valence-corrected chi connectivity index (χ4v) is 1.46. The number of nitriles is 1. The molecule has 0 amide bonds. The summed E-state index contributed by atoms with van der Waals surface area (Å²) in [6.07, 6.45) is -8.43. The smallest absolute Gasteiger partial charge is 0.290 e. The largest absolute Gasteiger partial charge is 0.405 e. The van der Waals surface area contributed by atoms with E-state index in [1.807, 2.05) is 0 Å². The van der Waals surface area contributed by atoms with E-state index < -0.39 is 37.4 Å². The molecule has 0 aliphatic heterocycles. The minimum Gasteiger partial charge on any atom is -0.290 e. The Balaban J connectivity index is 2.64. The van der Waals surface area contributed by atoms with E-state index in [2.05, 4.69) is 0 Å². The van der Waals surface area contributed by atoms with Crippen molar-refractivity contribution >= 4 is 0 Å². The Bertz CT molecular complexity index is 298. The van der Waals surface area contributed by atoms with E-state index in [-0.39, 0.29) is 0 Å². The number of rotatable bonds is 4. The third-order valence-electron chi connectivity index (χ3n) is 2.41. The van der Waals surface area contributed by atoms with Gasteiger partial charge in [-0.25, -0.2) is 0 Å². The molecule has 1 aliphatic rings. The molecule has 0 spiro atoms. The zero-order chi connectivity index (χ0) is 13.3. The summed E-state index contributed by atoms with van der Waals surface area (Å²) in [6, 6.07) is 0.530. The quantitative estimate of drug-likeness (QED) is 0.727. The average molecular weight is 260 g/mol. The van der Waals surface area contributed by atoms with Gasteiger partial charge in [-0.1, -0.05) is 0 Å². The summed E-state index contributed by atoms with van der Waals surface area (Å²) in [6.45, 7) is -2.31. The van der Waals surface area contributed by atoms with Crippen LogP contribution in [0.3, 0.4) is 0 Å². The van der Waals surface area contributed by atoms with Gasteiger partial charge in [0.15, 0.2) is 5.92 Å². The SMILES string of the molecule is N#CC(CN(CC(F)(F)F)C1CC1)C(F)(F)F. The van der Waals surface area contributed by atoms with Crippen molar-refractivity contribution in [2.24, 2.45) is 5.92 Å². The van der Waals surface area contributed by atoms with E-state index in [0.717, 1.165) is 6.07 Å². The first-order chi connectivity index (χ1) is 7.63. The second kappa shape index (κ2) is 4.72. The number of hydrogen-bond acceptors (Lipinski definition) is 2. The number of halogens is 6. The molecule has 1 rings (SSSR count). The summed E-state index contributed by atoms with van der Waals surface area (Å²) in [4.78, 5) is 0.696. The average Bonchev–Trinajstić information content (AvgIpc) is 2.90. The summed E-state index contributed by atoms with van der Waals surface area (Å²) in [5, 5.41) is 8.33. The minimum atomic E-state index is -4.78. The Morgan fingerprint density at radius 2 is 1.71 bits per heavy atom. The molecule has 1 unspecified atom stereocenters. The standard InChI is InChI=1S/C9H10F6N2/c10-8(11,12)5-17(7-1-2-7)4-6(3-16)9(13,14)15/h6-7H,1-2,4-5H2. The lowest BCUT2D eigenvalue weighted by Gasteiger charge is -2.26. The van der Waals surface area contributed by atoms with Gasteiger partial charge < -0.3 is 0 Å². The van der Waals surface area contributed by atoms with Crippen LogP contribution in [0.25, 0.3) is 0 Å². The van der Waals surface area contributed by atoms with Crippen molar-refractivity contribution in [2.75, 3.05) is 13.1 Å². The van der Waals surface area contributed by atoms with Crippen LogP contribution < -0.4 is 0 Å². The molecule has 0 radical (unpaired) electrons. The van der Waals surface area contributed by atoms with Crippen LogP contribution in [0.15, 0.2) is 0 Å². The van der Waals surface area contributed by atoms with Crippen molar-refractivity contribution in [3.63, 3.8) is 0 Å². The summed E-state index contributed by atoms with van der Waals surface area (Å²) in [5.41, 5.74) is 0. The van der Waals surface area contributed by atoms with Gasteiger partial charge in [-0.15, -0.1) is 0 Å². The second-order valence-corrected chi connectivity index (χ2v) is 4.00. The lowest BCUT2D eigenvalue weighted by molar-refractivity contribution is -0.177. The molecule has 98 valence electrons. The van der Waals surface area contributed by atoms with Crippen LogP contribution in [0.4, 0.5) is 26.3 Å². The van der Waals surface area contributed by atoms with E-state index in [9.17, 15) is 26.3 Å². The predicted octanol–water partition coefficient (Wildman–Crippen LogP) is 2.72. The first-order valence-corrected chi connectivity index (χ1v) is 4.90. The minimum absolute atomic E-state index is 0.450. The van der Waals surface area contributed by atoms with Crippen LogP contribution in [0.1, 0.15) is 12.8 Å². The number of hydrogen-bond donors (Lipinski definition) is 0. The summed E-state index contributed by atoms with van der Waals surface area (Å²) in [5.74, 6) is -2.37. The molecule has 0 heterocycles. The second-order valence-electron chi connectivity index (χ2n) is 4.00. The Labute approximate surface area is 93.8 Å². The molecule has 1 atom stereocenters. The van der Waals surface area contributed by atoms with Crippen LogP contribution in [-0.2, 0) is 0 Å². The van der Waals surface area contributed by atoms with Crippen LogP contribution in [0.2, 0.25) is 0 Å². The van der Waals surface area contributed by atoms with Gasteiger partial charge in [-0.3, -0.25) is 4.90 Å². The lowest BCUT2D eigenvalue weighted by atomic mass is 10.1. The Morgan fingerprint density at radius 3 is 2.00 bits per heavy atom. The van der Waals surface area contributed by atoms with Gasteiger partial charge in [0.25, 0.3) is 0 Å². The predicted molar refractivity (Wildman–Crippen MR) is 45.8 cm³/mol. The van der Waals surface area contributed by atoms with Crippen molar-refractivity contribution in [3.05, 3.63) is 0 Å². The summed E-state index contributed by atoms with van der Waals surface area (Å²) in [7, 11) is 0. The van der Waals surface area contributed by atoms with Gasteiger partial charge >= 0.3 is 12.4 Å². The third-order valence-corrected chi connectivity index (χ3v) is 2.41. The van der Waals surface area contributed by atoms with Crippen LogP contribution in [0.5, 0.6) is 0 Å². The maximum atomic E-state index is 12.3. The Hall–Kier alpha value is -0.970. The van der Waals surface area contributed by atoms with E-state index >= 15 is 0 Å². The normalized spacial score (nSPS) is 19.2. The highest BCUT2D eigenvalue weighted by Crippen LogP contribution is 2.34. The zero-order valence-corrected chi connectivity index (χ0v) is 8.65. The van der Waals surface area contributed by atoms with Crippen molar-refractivity contribution < 1.29 is 26.3 Å². The van der Waals surface area contributed by atoms with Crippen molar-refractivity contribution in [3.8, 4) is 6.07 Å². The molecule has 0 bridgehead atoms. The zero-order valence-electron chi connectivity index (χ0n) is 8.65. The summed E-state index contributed by atoms with van der Waals surface area (Å²) < 4.78 is 73.2. The van der Waals surface area contributed by atoms with E-state index in [1.165, 1.54) is 0 Å². The highest BCUT2D eigenvalue weighted by Gasteiger charge is 2.45. The molecule has 1 fully saturated rings. The molecule has 1 saturated carbocycles. The molecule has 2 nitrogen and oxygen atoms in total. The molecule has 0 saturated heterocycles. The highest BCUT2D eigenvalue weighted by molar-refractivity contribution is 4.95. The maximum absolute atomic E-state index is 12.3. The van der Waals surface area contributed by atoms with E-state index in [1.54, 1.807) is 0 Å². The molecule has 8 heteroatoms. The van der Waals surface area contributed by atoms with Crippen molar-refractivity contribution in [2.45, 2.75) is 31.2 Å². The van der Waals surface area contributed by atoms with Gasteiger partial charge in [-0.2, -0.15) is 31.6 Å². The van der Waals surface area contributed by atoms with Gasteiger partial charge in [0, 0.05) is 12.6 Å². The van der Waals surface area contributed by atoms with Crippen LogP contribution in [0, 0.1) is 17.2 Å². The maximum Gasteiger partial charge on any atom is 0.405 e.